The summed E-state index contributed by atoms with van der Waals surface area (Å²) in [6, 6.07) is 10.0. The second-order valence-corrected chi connectivity index (χ2v) is 7.17. The van der Waals surface area contributed by atoms with Crippen LogP contribution in [0.1, 0.15) is 46.9 Å². The van der Waals surface area contributed by atoms with Crippen LogP contribution in [0.3, 0.4) is 0 Å². The van der Waals surface area contributed by atoms with Crippen LogP contribution in [0.2, 0.25) is 10.0 Å². The molecule has 0 bridgehead atoms. The molecule has 2 amide bonds. The van der Waals surface area contributed by atoms with Gasteiger partial charge in [0.15, 0.2) is 0 Å². The van der Waals surface area contributed by atoms with Gasteiger partial charge in [-0.25, -0.2) is 0 Å². The lowest BCUT2D eigenvalue weighted by molar-refractivity contribution is -0.123. The standard InChI is InChI=1S/C20H22Cl2N2O2/c1-11-8-9-12(2)16(10-11)13(3)23-19(25)14(4)24-20(26)15-6-5-7-17(21)18(15)22/h5-10,13-14H,1-4H3,(H,23,25)(H,24,26). The summed E-state index contributed by atoms with van der Waals surface area (Å²) < 4.78 is 0. The van der Waals surface area contributed by atoms with Gasteiger partial charge in [0.1, 0.15) is 6.04 Å². The molecule has 138 valence electrons. The molecule has 0 aliphatic carbocycles. The second kappa shape index (κ2) is 8.56. The number of carbonyl (C=O) groups excluding carboxylic acids is 2. The van der Waals surface area contributed by atoms with Crippen LogP contribution in [-0.2, 0) is 4.79 Å². The molecule has 26 heavy (non-hydrogen) atoms. The normalized spacial score (nSPS) is 13.0. The number of amides is 2. The Morgan fingerprint density at radius 1 is 1.00 bits per heavy atom. The van der Waals surface area contributed by atoms with E-state index in [1.165, 1.54) is 0 Å². The van der Waals surface area contributed by atoms with E-state index in [0.29, 0.717) is 5.02 Å². The van der Waals surface area contributed by atoms with Crippen molar-refractivity contribution in [3.05, 3.63) is 68.7 Å². The molecule has 2 aromatic carbocycles. The Labute approximate surface area is 163 Å². The van der Waals surface area contributed by atoms with Crippen LogP contribution in [0.4, 0.5) is 0 Å². The lowest BCUT2D eigenvalue weighted by Gasteiger charge is -2.21. The van der Waals surface area contributed by atoms with E-state index >= 15 is 0 Å². The van der Waals surface area contributed by atoms with Crippen molar-refractivity contribution in [1.82, 2.24) is 10.6 Å². The molecule has 0 radical (unpaired) electrons. The summed E-state index contributed by atoms with van der Waals surface area (Å²) in [5, 5.41) is 6.05. The summed E-state index contributed by atoms with van der Waals surface area (Å²) in [7, 11) is 0. The van der Waals surface area contributed by atoms with Gasteiger partial charge in [-0.1, -0.05) is 53.0 Å². The average molecular weight is 393 g/mol. The van der Waals surface area contributed by atoms with Gasteiger partial charge in [-0.15, -0.1) is 0 Å². The van der Waals surface area contributed by atoms with Gasteiger partial charge in [-0.2, -0.15) is 0 Å². The Hall–Kier alpha value is -2.04. The molecule has 0 aliphatic rings. The summed E-state index contributed by atoms with van der Waals surface area (Å²) in [5.74, 6) is -0.718. The van der Waals surface area contributed by atoms with Crippen molar-refractivity contribution in [2.75, 3.05) is 0 Å². The molecular weight excluding hydrogens is 371 g/mol. The molecule has 0 aromatic heterocycles. The highest BCUT2D eigenvalue weighted by atomic mass is 35.5. The Bertz CT molecular complexity index is 837. The maximum Gasteiger partial charge on any atom is 0.253 e. The van der Waals surface area contributed by atoms with E-state index in [1.54, 1.807) is 25.1 Å². The fourth-order valence-electron chi connectivity index (χ4n) is 2.66. The third-order valence-electron chi connectivity index (χ3n) is 4.20. The van der Waals surface area contributed by atoms with E-state index in [9.17, 15) is 9.59 Å². The third-order valence-corrected chi connectivity index (χ3v) is 5.02. The van der Waals surface area contributed by atoms with Crippen LogP contribution >= 0.6 is 23.2 Å². The number of hydrogen-bond acceptors (Lipinski definition) is 2. The molecular formula is C20H22Cl2N2O2. The van der Waals surface area contributed by atoms with Crippen molar-refractivity contribution in [1.29, 1.82) is 0 Å². The quantitative estimate of drug-likeness (QED) is 0.780. The van der Waals surface area contributed by atoms with E-state index in [4.69, 9.17) is 23.2 Å². The van der Waals surface area contributed by atoms with E-state index in [0.717, 1.165) is 16.7 Å². The minimum absolute atomic E-state index is 0.169. The van der Waals surface area contributed by atoms with Gasteiger partial charge in [0.05, 0.1) is 21.7 Å². The van der Waals surface area contributed by atoms with Crippen molar-refractivity contribution >= 4 is 35.0 Å². The summed E-state index contributed by atoms with van der Waals surface area (Å²) >= 11 is 12.0. The number of hydrogen-bond donors (Lipinski definition) is 2. The zero-order valence-corrected chi connectivity index (χ0v) is 16.7. The molecule has 2 N–H and O–H groups in total. The fourth-order valence-corrected chi connectivity index (χ4v) is 3.05. The molecule has 2 rings (SSSR count). The Morgan fingerprint density at radius 3 is 2.38 bits per heavy atom. The maximum absolute atomic E-state index is 12.5. The highest BCUT2D eigenvalue weighted by Crippen LogP contribution is 2.25. The molecule has 0 saturated heterocycles. The molecule has 0 aliphatic heterocycles. The zero-order chi connectivity index (χ0) is 19.4. The Kier molecular flexibility index (Phi) is 6.68. The summed E-state index contributed by atoms with van der Waals surface area (Å²) in [4.78, 5) is 24.8. The first-order chi connectivity index (χ1) is 12.2. The highest BCUT2D eigenvalue weighted by molar-refractivity contribution is 6.43. The van der Waals surface area contributed by atoms with Gasteiger partial charge < -0.3 is 10.6 Å². The summed E-state index contributed by atoms with van der Waals surface area (Å²) in [6.45, 7) is 7.56. The molecule has 2 aromatic rings. The monoisotopic (exact) mass is 392 g/mol. The number of nitrogens with one attached hydrogen (secondary N) is 2. The van der Waals surface area contributed by atoms with Crippen molar-refractivity contribution < 1.29 is 9.59 Å². The first kappa shape index (κ1) is 20.3. The number of aryl methyl sites for hydroxylation is 2. The first-order valence-electron chi connectivity index (χ1n) is 8.33. The largest absolute Gasteiger partial charge is 0.348 e. The molecule has 2 atom stereocenters. The molecule has 0 heterocycles. The predicted octanol–water partition coefficient (Wildman–Crippen LogP) is 4.61. The van der Waals surface area contributed by atoms with Crippen molar-refractivity contribution in [3.8, 4) is 0 Å². The van der Waals surface area contributed by atoms with E-state index in [2.05, 4.69) is 16.7 Å². The van der Waals surface area contributed by atoms with E-state index in [-0.39, 0.29) is 22.5 Å². The van der Waals surface area contributed by atoms with Crippen LogP contribution < -0.4 is 10.6 Å². The van der Waals surface area contributed by atoms with Crippen molar-refractivity contribution in [2.24, 2.45) is 0 Å². The lowest BCUT2D eigenvalue weighted by Crippen LogP contribution is -2.45. The minimum Gasteiger partial charge on any atom is -0.348 e. The van der Waals surface area contributed by atoms with Crippen LogP contribution in [0.5, 0.6) is 0 Å². The number of rotatable bonds is 5. The van der Waals surface area contributed by atoms with Crippen LogP contribution in [-0.4, -0.2) is 17.9 Å². The van der Waals surface area contributed by atoms with Crippen molar-refractivity contribution in [3.63, 3.8) is 0 Å². The number of benzene rings is 2. The lowest BCUT2D eigenvalue weighted by atomic mass is 10.00. The van der Waals surface area contributed by atoms with E-state index < -0.39 is 11.9 Å². The number of halogens is 2. The first-order valence-corrected chi connectivity index (χ1v) is 9.08. The molecule has 0 fully saturated rings. The second-order valence-electron chi connectivity index (χ2n) is 6.39. The summed E-state index contributed by atoms with van der Waals surface area (Å²) in [5.41, 5.74) is 3.52. The minimum atomic E-state index is -0.717. The summed E-state index contributed by atoms with van der Waals surface area (Å²) in [6.07, 6.45) is 0. The topological polar surface area (TPSA) is 58.2 Å². The van der Waals surface area contributed by atoms with Gasteiger partial charge in [-0.05, 0) is 51.0 Å². The van der Waals surface area contributed by atoms with Gasteiger partial charge in [0.25, 0.3) is 5.91 Å². The Balaban J connectivity index is 2.04. The molecule has 0 saturated carbocycles. The smallest absolute Gasteiger partial charge is 0.253 e. The highest BCUT2D eigenvalue weighted by Gasteiger charge is 2.21. The van der Waals surface area contributed by atoms with Crippen LogP contribution in [0.25, 0.3) is 0 Å². The SMILES string of the molecule is Cc1ccc(C)c(C(C)NC(=O)C(C)NC(=O)c2cccc(Cl)c2Cl)c1. The van der Waals surface area contributed by atoms with Gasteiger partial charge >= 0.3 is 0 Å². The third kappa shape index (κ3) is 4.77. The Morgan fingerprint density at radius 2 is 1.69 bits per heavy atom. The van der Waals surface area contributed by atoms with Gasteiger partial charge in [0.2, 0.25) is 5.91 Å². The zero-order valence-electron chi connectivity index (χ0n) is 15.2. The van der Waals surface area contributed by atoms with Crippen molar-refractivity contribution in [2.45, 2.75) is 39.8 Å². The fraction of sp³-hybridized carbons (Fsp3) is 0.300. The van der Waals surface area contributed by atoms with Gasteiger partial charge in [0, 0.05) is 0 Å². The van der Waals surface area contributed by atoms with E-state index in [1.807, 2.05) is 32.9 Å². The average Bonchev–Trinajstić information content (AvgIpc) is 2.59. The maximum atomic E-state index is 12.5. The molecule has 0 spiro atoms. The van der Waals surface area contributed by atoms with Crippen LogP contribution in [0.15, 0.2) is 36.4 Å². The molecule has 2 unspecified atom stereocenters. The van der Waals surface area contributed by atoms with Crippen LogP contribution in [0, 0.1) is 13.8 Å². The number of carbonyl (C=O) groups is 2. The predicted molar refractivity (Wildman–Crippen MR) is 106 cm³/mol. The molecule has 6 heteroatoms. The van der Waals surface area contributed by atoms with Gasteiger partial charge in [-0.3, -0.25) is 9.59 Å². The molecule has 4 nitrogen and oxygen atoms in total.